The van der Waals surface area contributed by atoms with Crippen LogP contribution in [0.5, 0.6) is 5.75 Å². The zero-order chi connectivity index (χ0) is 13.8. The van der Waals surface area contributed by atoms with Crippen LogP contribution in [0.2, 0.25) is 0 Å². The molecule has 0 aliphatic rings. The summed E-state index contributed by atoms with van der Waals surface area (Å²) in [6, 6.07) is 5.71. The van der Waals surface area contributed by atoms with E-state index in [4.69, 9.17) is 15.0 Å². The van der Waals surface area contributed by atoms with Crippen molar-refractivity contribution in [2.24, 2.45) is 5.73 Å². The van der Waals surface area contributed by atoms with Gasteiger partial charge in [-0.05, 0) is 18.2 Å². The summed E-state index contributed by atoms with van der Waals surface area (Å²) >= 11 is 3.40. The first kappa shape index (κ1) is 14.0. The number of rotatable bonds is 5. The summed E-state index contributed by atoms with van der Waals surface area (Å²) in [6.45, 7) is 4.68. The standard InChI is InChI=1S/C13H16BrN3O2/c1-8(2)13-16-12(17-19-13)7-18-11-4-3-10(14)5-9(11)6-15/h3-5,8H,6-7,15H2,1-2H3. The van der Waals surface area contributed by atoms with Gasteiger partial charge in [0.2, 0.25) is 11.7 Å². The highest BCUT2D eigenvalue weighted by Crippen LogP contribution is 2.23. The fourth-order valence-corrected chi connectivity index (χ4v) is 1.96. The van der Waals surface area contributed by atoms with Gasteiger partial charge in [-0.25, -0.2) is 0 Å². The van der Waals surface area contributed by atoms with E-state index >= 15 is 0 Å². The molecule has 1 heterocycles. The maximum absolute atomic E-state index is 5.68. The maximum atomic E-state index is 5.68. The average molecular weight is 326 g/mol. The number of hydrogen-bond donors (Lipinski definition) is 1. The number of aromatic nitrogens is 2. The Hall–Kier alpha value is -1.40. The number of nitrogens with two attached hydrogens (primary N) is 1. The molecule has 6 heteroatoms. The maximum Gasteiger partial charge on any atom is 0.229 e. The van der Waals surface area contributed by atoms with Crippen molar-refractivity contribution in [1.29, 1.82) is 0 Å². The normalized spacial score (nSPS) is 11.0. The Bertz CT molecular complexity index is 555. The van der Waals surface area contributed by atoms with Gasteiger partial charge in [0.15, 0.2) is 6.61 Å². The van der Waals surface area contributed by atoms with E-state index in [9.17, 15) is 0 Å². The van der Waals surface area contributed by atoms with Crippen molar-refractivity contribution in [2.45, 2.75) is 32.9 Å². The van der Waals surface area contributed by atoms with Gasteiger partial charge in [0.05, 0.1) is 0 Å². The molecule has 2 rings (SSSR count). The van der Waals surface area contributed by atoms with E-state index in [1.807, 2.05) is 32.0 Å². The molecular formula is C13H16BrN3O2. The van der Waals surface area contributed by atoms with Crippen molar-refractivity contribution in [3.8, 4) is 5.75 Å². The second-order valence-corrected chi connectivity index (χ2v) is 5.36. The van der Waals surface area contributed by atoms with Crippen LogP contribution in [0.3, 0.4) is 0 Å². The molecule has 0 saturated carbocycles. The van der Waals surface area contributed by atoms with Crippen LogP contribution in [0.15, 0.2) is 27.2 Å². The zero-order valence-corrected chi connectivity index (χ0v) is 12.5. The molecule has 0 bridgehead atoms. The quantitative estimate of drug-likeness (QED) is 0.914. The van der Waals surface area contributed by atoms with Gasteiger partial charge in [-0.1, -0.05) is 34.9 Å². The van der Waals surface area contributed by atoms with Gasteiger partial charge in [0, 0.05) is 22.5 Å². The monoisotopic (exact) mass is 325 g/mol. The lowest BCUT2D eigenvalue weighted by atomic mass is 10.2. The predicted molar refractivity (Wildman–Crippen MR) is 74.8 cm³/mol. The van der Waals surface area contributed by atoms with E-state index in [0.717, 1.165) is 15.8 Å². The van der Waals surface area contributed by atoms with Crippen LogP contribution in [0, 0.1) is 0 Å². The van der Waals surface area contributed by atoms with Crippen molar-refractivity contribution >= 4 is 15.9 Å². The molecule has 1 aromatic carbocycles. The van der Waals surface area contributed by atoms with E-state index in [1.54, 1.807) is 0 Å². The lowest BCUT2D eigenvalue weighted by molar-refractivity contribution is 0.282. The first-order chi connectivity index (χ1) is 9.10. The van der Waals surface area contributed by atoms with Crippen molar-refractivity contribution in [2.75, 3.05) is 0 Å². The van der Waals surface area contributed by atoms with Gasteiger partial charge in [-0.3, -0.25) is 0 Å². The Kier molecular flexibility index (Phi) is 4.55. The Labute approximate surface area is 120 Å². The molecule has 19 heavy (non-hydrogen) atoms. The Balaban J connectivity index is 2.05. The Morgan fingerprint density at radius 1 is 1.42 bits per heavy atom. The number of benzene rings is 1. The predicted octanol–water partition coefficient (Wildman–Crippen LogP) is 2.99. The van der Waals surface area contributed by atoms with Crippen molar-refractivity contribution in [3.63, 3.8) is 0 Å². The third-order valence-electron chi connectivity index (χ3n) is 2.58. The van der Waals surface area contributed by atoms with Crippen LogP contribution >= 0.6 is 15.9 Å². The Morgan fingerprint density at radius 2 is 2.21 bits per heavy atom. The first-order valence-electron chi connectivity index (χ1n) is 6.04. The van der Waals surface area contributed by atoms with Gasteiger partial charge in [-0.2, -0.15) is 4.98 Å². The topological polar surface area (TPSA) is 74.2 Å². The highest BCUT2D eigenvalue weighted by Gasteiger charge is 2.11. The molecule has 0 unspecified atom stereocenters. The summed E-state index contributed by atoms with van der Waals surface area (Å²) in [5.41, 5.74) is 6.61. The minimum Gasteiger partial charge on any atom is -0.485 e. The SMILES string of the molecule is CC(C)c1nc(COc2ccc(Br)cc2CN)no1. The van der Waals surface area contributed by atoms with Crippen molar-refractivity contribution < 1.29 is 9.26 Å². The Morgan fingerprint density at radius 3 is 2.84 bits per heavy atom. The van der Waals surface area contributed by atoms with E-state index in [1.165, 1.54) is 0 Å². The molecule has 0 aliphatic heterocycles. The molecule has 0 radical (unpaired) electrons. The van der Waals surface area contributed by atoms with Crippen LogP contribution in [-0.4, -0.2) is 10.1 Å². The third-order valence-corrected chi connectivity index (χ3v) is 3.07. The zero-order valence-electron chi connectivity index (χ0n) is 10.9. The summed E-state index contributed by atoms with van der Waals surface area (Å²) < 4.78 is 11.8. The van der Waals surface area contributed by atoms with Crippen molar-refractivity contribution in [1.82, 2.24) is 10.1 Å². The molecule has 1 aromatic heterocycles. The molecule has 0 amide bonds. The van der Waals surface area contributed by atoms with Crippen LogP contribution in [-0.2, 0) is 13.2 Å². The van der Waals surface area contributed by atoms with E-state index in [-0.39, 0.29) is 12.5 Å². The van der Waals surface area contributed by atoms with Crippen LogP contribution < -0.4 is 10.5 Å². The largest absolute Gasteiger partial charge is 0.485 e. The minimum absolute atomic E-state index is 0.216. The highest BCUT2D eigenvalue weighted by atomic mass is 79.9. The fourth-order valence-electron chi connectivity index (χ4n) is 1.55. The summed E-state index contributed by atoms with van der Waals surface area (Å²) in [5, 5.41) is 3.87. The minimum atomic E-state index is 0.216. The van der Waals surface area contributed by atoms with Crippen LogP contribution in [0.1, 0.15) is 37.0 Å². The smallest absolute Gasteiger partial charge is 0.229 e. The van der Waals surface area contributed by atoms with Gasteiger partial charge in [0.1, 0.15) is 5.75 Å². The third kappa shape index (κ3) is 3.54. The lowest BCUT2D eigenvalue weighted by Gasteiger charge is -2.08. The molecule has 0 aliphatic carbocycles. The summed E-state index contributed by atoms with van der Waals surface area (Å²) in [5.74, 6) is 2.11. The first-order valence-corrected chi connectivity index (χ1v) is 6.83. The second kappa shape index (κ2) is 6.16. The molecule has 0 atom stereocenters. The molecule has 0 fully saturated rings. The number of nitrogens with zero attached hydrogens (tertiary/aromatic N) is 2. The van der Waals surface area contributed by atoms with E-state index in [2.05, 4.69) is 26.1 Å². The summed E-state index contributed by atoms with van der Waals surface area (Å²) in [7, 11) is 0. The van der Waals surface area contributed by atoms with Gasteiger partial charge < -0.3 is 15.0 Å². The molecular weight excluding hydrogens is 310 g/mol. The number of halogens is 1. The van der Waals surface area contributed by atoms with E-state index < -0.39 is 0 Å². The second-order valence-electron chi connectivity index (χ2n) is 4.45. The van der Waals surface area contributed by atoms with Gasteiger partial charge >= 0.3 is 0 Å². The average Bonchev–Trinajstić information content (AvgIpc) is 2.86. The van der Waals surface area contributed by atoms with Gasteiger partial charge in [0.25, 0.3) is 0 Å². The van der Waals surface area contributed by atoms with Gasteiger partial charge in [-0.15, -0.1) is 0 Å². The molecule has 0 spiro atoms. The van der Waals surface area contributed by atoms with Crippen LogP contribution in [0.4, 0.5) is 0 Å². The van der Waals surface area contributed by atoms with Crippen molar-refractivity contribution in [3.05, 3.63) is 40.0 Å². The number of hydrogen-bond acceptors (Lipinski definition) is 5. The van der Waals surface area contributed by atoms with E-state index in [0.29, 0.717) is 18.3 Å². The molecule has 5 nitrogen and oxygen atoms in total. The molecule has 102 valence electrons. The summed E-state index contributed by atoms with van der Waals surface area (Å²) in [4.78, 5) is 4.25. The number of ether oxygens (including phenoxy) is 1. The molecule has 2 N–H and O–H groups in total. The molecule has 0 saturated heterocycles. The lowest BCUT2D eigenvalue weighted by Crippen LogP contribution is -2.04. The van der Waals surface area contributed by atoms with Crippen LogP contribution in [0.25, 0.3) is 0 Å². The highest BCUT2D eigenvalue weighted by molar-refractivity contribution is 9.10. The summed E-state index contributed by atoms with van der Waals surface area (Å²) in [6.07, 6.45) is 0. The molecule has 2 aromatic rings. The fraction of sp³-hybridized carbons (Fsp3) is 0.385.